The quantitative estimate of drug-likeness (QED) is 0.422. The van der Waals surface area contributed by atoms with Gasteiger partial charge in [-0.2, -0.15) is 5.10 Å². The number of piperidine rings is 1. The number of rotatable bonds is 4. The summed E-state index contributed by atoms with van der Waals surface area (Å²) in [4.78, 5) is 18.0. The van der Waals surface area contributed by atoms with E-state index in [4.69, 9.17) is 9.84 Å². The van der Waals surface area contributed by atoms with E-state index in [0.29, 0.717) is 13.2 Å². The van der Waals surface area contributed by atoms with Gasteiger partial charge in [0.05, 0.1) is 30.3 Å². The number of aromatic nitrogens is 2. The van der Waals surface area contributed by atoms with E-state index in [1.807, 2.05) is 27.6 Å². The zero-order valence-corrected chi connectivity index (χ0v) is 20.1. The third kappa shape index (κ3) is 4.19. The summed E-state index contributed by atoms with van der Waals surface area (Å²) in [6.45, 7) is 5.82. The summed E-state index contributed by atoms with van der Waals surface area (Å²) in [5, 5.41) is 4.99. The Morgan fingerprint density at radius 3 is 2.46 bits per heavy atom. The molecule has 0 bridgehead atoms. The number of amides is 1. The molecule has 0 saturated carbocycles. The van der Waals surface area contributed by atoms with Gasteiger partial charge < -0.3 is 14.5 Å². The number of nitrogens with zero attached hydrogens (tertiary/aromatic N) is 4. The lowest BCUT2D eigenvalue weighted by atomic mass is 9.89. The van der Waals surface area contributed by atoms with Crippen molar-refractivity contribution in [1.82, 2.24) is 9.61 Å². The summed E-state index contributed by atoms with van der Waals surface area (Å²) in [6, 6.07) is 25.0. The number of morpholine rings is 1. The number of hydrogen-bond donors (Lipinski definition) is 0. The Bertz CT molecular complexity index is 1340. The van der Waals surface area contributed by atoms with E-state index in [9.17, 15) is 4.79 Å². The molecule has 35 heavy (non-hydrogen) atoms. The normalized spacial score (nSPS) is 18.9. The molecule has 178 valence electrons. The van der Waals surface area contributed by atoms with E-state index in [-0.39, 0.29) is 11.8 Å². The third-order valence-electron chi connectivity index (χ3n) is 7.16. The number of hydrogen-bond acceptors (Lipinski definition) is 4. The summed E-state index contributed by atoms with van der Waals surface area (Å²) in [5.41, 5.74) is 6.29. The average Bonchev–Trinajstić information content (AvgIpc) is 3.34. The second-order valence-electron chi connectivity index (χ2n) is 9.50. The highest BCUT2D eigenvalue weighted by atomic mass is 16.5. The lowest BCUT2D eigenvalue weighted by Crippen LogP contribution is -2.41. The van der Waals surface area contributed by atoms with Crippen molar-refractivity contribution in [3.63, 3.8) is 0 Å². The molecular formula is C29H30N4O2. The summed E-state index contributed by atoms with van der Waals surface area (Å²) in [5.74, 6) is 1.09. The molecule has 2 aromatic carbocycles. The van der Waals surface area contributed by atoms with Gasteiger partial charge in [-0.05, 0) is 37.5 Å². The van der Waals surface area contributed by atoms with Crippen LogP contribution in [-0.4, -0.2) is 48.4 Å². The standard InChI is InChI=1S/C29H30N4O2/c1-21-9-11-23(12-10-21)27-19-25-18-24(20-28(33(25)30-27)31-14-16-35-17-15-31)32-13-5-8-26(29(32)34)22-6-3-2-4-7-22/h2-4,6-7,9-12,18-20,26H,5,8,13-17H2,1H3. The first kappa shape index (κ1) is 21.9. The van der Waals surface area contributed by atoms with E-state index in [0.717, 1.165) is 66.3 Å². The minimum Gasteiger partial charge on any atom is -0.378 e. The van der Waals surface area contributed by atoms with Gasteiger partial charge in [0, 0.05) is 37.0 Å². The smallest absolute Gasteiger partial charge is 0.234 e. The Labute approximate surface area is 205 Å². The zero-order valence-electron chi connectivity index (χ0n) is 20.1. The Morgan fingerprint density at radius 2 is 1.69 bits per heavy atom. The number of pyridine rings is 1. The van der Waals surface area contributed by atoms with Gasteiger partial charge in [-0.25, -0.2) is 4.52 Å². The predicted molar refractivity (Wildman–Crippen MR) is 139 cm³/mol. The van der Waals surface area contributed by atoms with Crippen molar-refractivity contribution in [2.24, 2.45) is 0 Å². The number of benzene rings is 2. The molecule has 1 unspecified atom stereocenters. The number of aryl methyl sites for hydroxylation is 1. The first-order valence-electron chi connectivity index (χ1n) is 12.5. The van der Waals surface area contributed by atoms with Crippen LogP contribution in [0.15, 0.2) is 72.8 Å². The summed E-state index contributed by atoms with van der Waals surface area (Å²) in [7, 11) is 0. The second kappa shape index (κ2) is 9.19. The maximum atomic E-state index is 13.7. The van der Waals surface area contributed by atoms with Gasteiger partial charge in [0.15, 0.2) is 0 Å². The van der Waals surface area contributed by atoms with E-state index in [1.165, 1.54) is 5.56 Å². The minimum absolute atomic E-state index is 0.0963. The Morgan fingerprint density at radius 1 is 0.914 bits per heavy atom. The Balaban J connectivity index is 1.43. The van der Waals surface area contributed by atoms with Crippen LogP contribution in [0.4, 0.5) is 11.5 Å². The van der Waals surface area contributed by atoms with Crippen molar-refractivity contribution in [3.8, 4) is 11.3 Å². The summed E-state index contributed by atoms with van der Waals surface area (Å²) < 4.78 is 7.63. The molecule has 4 heterocycles. The molecular weight excluding hydrogens is 436 g/mol. The maximum Gasteiger partial charge on any atom is 0.234 e. The van der Waals surface area contributed by atoms with Crippen LogP contribution < -0.4 is 9.80 Å². The number of carbonyl (C=O) groups excluding carboxylic acids is 1. The van der Waals surface area contributed by atoms with Gasteiger partial charge in [-0.15, -0.1) is 0 Å². The van der Waals surface area contributed by atoms with Crippen LogP contribution in [0.25, 0.3) is 16.8 Å². The van der Waals surface area contributed by atoms with Crippen molar-refractivity contribution >= 4 is 22.9 Å². The van der Waals surface area contributed by atoms with Crippen molar-refractivity contribution < 1.29 is 9.53 Å². The molecule has 0 spiro atoms. The van der Waals surface area contributed by atoms with Gasteiger partial charge in [-0.1, -0.05) is 60.2 Å². The molecule has 0 radical (unpaired) electrons. The molecule has 6 nitrogen and oxygen atoms in total. The van der Waals surface area contributed by atoms with Gasteiger partial charge in [0.2, 0.25) is 5.91 Å². The van der Waals surface area contributed by atoms with Gasteiger partial charge >= 0.3 is 0 Å². The second-order valence-corrected chi connectivity index (χ2v) is 9.50. The zero-order chi connectivity index (χ0) is 23.8. The molecule has 0 N–H and O–H groups in total. The summed E-state index contributed by atoms with van der Waals surface area (Å²) in [6.07, 6.45) is 1.87. The van der Waals surface area contributed by atoms with E-state index in [1.54, 1.807) is 0 Å². The molecule has 0 aliphatic carbocycles. The Kier molecular flexibility index (Phi) is 5.74. The average molecular weight is 467 g/mol. The molecule has 2 aliphatic heterocycles. The molecule has 6 heteroatoms. The summed E-state index contributed by atoms with van der Waals surface area (Å²) >= 11 is 0. The van der Waals surface area contributed by atoms with Crippen molar-refractivity contribution in [2.45, 2.75) is 25.7 Å². The third-order valence-corrected chi connectivity index (χ3v) is 7.16. The van der Waals surface area contributed by atoms with Gasteiger partial charge in [0.1, 0.15) is 5.82 Å². The van der Waals surface area contributed by atoms with Crippen LogP contribution in [-0.2, 0) is 9.53 Å². The fourth-order valence-corrected chi connectivity index (χ4v) is 5.23. The number of anilines is 2. The molecule has 2 fully saturated rings. The fourth-order valence-electron chi connectivity index (χ4n) is 5.23. The molecule has 2 aromatic heterocycles. The molecule has 2 aliphatic rings. The van der Waals surface area contributed by atoms with Crippen LogP contribution >= 0.6 is 0 Å². The predicted octanol–water partition coefficient (Wildman–Crippen LogP) is 5.06. The lowest BCUT2D eigenvalue weighted by Gasteiger charge is -2.34. The number of ether oxygens (including phenoxy) is 1. The molecule has 2 saturated heterocycles. The fraction of sp³-hybridized carbons (Fsp3) is 0.310. The first-order chi connectivity index (χ1) is 17.2. The van der Waals surface area contributed by atoms with Crippen molar-refractivity contribution in [2.75, 3.05) is 42.6 Å². The highest BCUT2D eigenvalue weighted by Gasteiger charge is 2.31. The van der Waals surface area contributed by atoms with Crippen LogP contribution in [0.5, 0.6) is 0 Å². The van der Waals surface area contributed by atoms with Crippen molar-refractivity contribution in [3.05, 3.63) is 83.9 Å². The first-order valence-corrected chi connectivity index (χ1v) is 12.5. The van der Waals surface area contributed by atoms with Crippen molar-refractivity contribution in [1.29, 1.82) is 0 Å². The van der Waals surface area contributed by atoms with E-state index in [2.05, 4.69) is 66.4 Å². The number of carbonyl (C=O) groups is 1. The SMILES string of the molecule is Cc1ccc(-c2cc3cc(N4CCCC(c5ccccc5)C4=O)cc(N4CCOCC4)n3n2)cc1. The Hall–Kier alpha value is -3.64. The molecule has 1 amide bonds. The maximum absolute atomic E-state index is 13.7. The monoisotopic (exact) mass is 466 g/mol. The van der Waals surface area contributed by atoms with Crippen LogP contribution in [0.3, 0.4) is 0 Å². The van der Waals surface area contributed by atoms with Gasteiger partial charge in [-0.3, -0.25) is 4.79 Å². The highest BCUT2D eigenvalue weighted by Crippen LogP contribution is 2.35. The van der Waals surface area contributed by atoms with Crippen LogP contribution in [0.2, 0.25) is 0 Å². The largest absolute Gasteiger partial charge is 0.378 e. The molecule has 6 rings (SSSR count). The number of fused-ring (bicyclic) bond motifs is 1. The van der Waals surface area contributed by atoms with Gasteiger partial charge in [0.25, 0.3) is 0 Å². The molecule has 4 aromatic rings. The lowest BCUT2D eigenvalue weighted by molar-refractivity contribution is -0.121. The van der Waals surface area contributed by atoms with E-state index >= 15 is 0 Å². The minimum atomic E-state index is -0.0963. The van der Waals surface area contributed by atoms with Crippen LogP contribution in [0, 0.1) is 6.92 Å². The highest BCUT2D eigenvalue weighted by molar-refractivity contribution is 5.99. The van der Waals surface area contributed by atoms with E-state index < -0.39 is 0 Å². The van der Waals surface area contributed by atoms with Crippen LogP contribution in [0.1, 0.15) is 29.9 Å². The molecule has 1 atom stereocenters. The topological polar surface area (TPSA) is 50.1 Å².